The third kappa shape index (κ3) is 1.72. The summed E-state index contributed by atoms with van der Waals surface area (Å²) in [7, 11) is 0. The minimum atomic E-state index is -0.464. The van der Waals surface area contributed by atoms with E-state index in [-0.39, 0.29) is 5.69 Å². The lowest BCUT2D eigenvalue weighted by molar-refractivity contribution is -0.384. The van der Waals surface area contributed by atoms with E-state index in [9.17, 15) is 14.9 Å². The molecule has 1 aromatic rings. The molecule has 0 amide bonds. The van der Waals surface area contributed by atoms with Gasteiger partial charge in [0.15, 0.2) is 6.29 Å². The second-order valence-corrected chi connectivity index (χ2v) is 2.87. The van der Waals surface area contributed by atoms with E-state index < -0.39 is 4.92 Å². The number of benzene rings is 1. The SMILES string of the molecule is Cc1cc([N+](=O)[O-])cc(C)c1C=O. The van der Waals surface area contributed by atoms with E-state index in [1.807, 2.05) is 0 Å². The molecule has 68 valence electrons. The number of nitro benzene ring substituents is 1. The number of aryl methyl sites for hydroxylation is 2. The molecule has 1 aromatic carbocycles. The van der Waals surface area contributed by atoms with Crippen LogP contribution in [0.2, 0.25) is 0 Å². The molecule has 1 rings (SSSR count). The summed E-state index contributed by atoms with van der Waals surface area (Å²) in [6.45, 7) is 3.37. The first-order valence-electron chi connectivity index (χ1n) is 3.77. The van der Waals surface area contributed by atoms with Crippen molar-refractivity contribution in [3.05, 3.63) is 38.9 Å². The van der Waals surface area contributed by atoms with Gasteiger partial charge in [0.2, 0.25) is 0 Å². The average Bonchev–Trinajstić information content (AvgIpc) is 2.03. The Kier molecular flexibility index (Phi) is 2.41. The van der Waals surface area contributed by atoms with Crippen molar-refractivity contribution in [2.45, 2.75) is 13.8 Å². The normalized spacial score (nSPS) is 9.69. The maximum atomic E-state index is 10.6. The standard InChI is InChI=1S/C9H9NO3/c1-6-3-8(10(12)13)4-7(2)9(6)5-11/h3-5H,1-2H3. The van der Waals surface area contributed by atoms with E-state index in [0.717, 1.165) is 0 Å². The molecular formula is C9H9NO3. The van der Waals surface area contributed by atoms with Gasteiger partial charge in [0.1, 0.15) is 0 Å². The Morgan fingerprint density at radius 3 is 2.08 bits per heavy atom. The Hall–Kier alpha value is -1.71. The number of aldehydes is 1. The second-order valence-electron chi connectivity index (χ2n) is 2.87. The second kappa shape index (κ2) is 3.35. The molecule has 0 aliphatic rings. The van der Waals surface area contributed by atoms with Crippen LogP contribution < -0.4 is 0 Å². The van der Waals surface area contributed by atoms with E-state index >= 15 is 0 Å². The third-order valence-corrected chi connectivity index (χ3v) is 1.91. The highest BCUT2D eigenvalue weighted by Crippen LogP contribution is 2.19. The highest BCUT2D eigenvalue weighted by atomic mass is 16.6. The minimum absolute atomic E-state index is 0.0283. The number of carbonyl (C=O) groups excluding carboxylic acids is 1. The highest BCUT2D eigenvalue weighted by molar-refractivity contribution is 5.80. The van der Waals surface area contributed by atoms with Crippen LogP contribution in [0.15, 0.2) is 12.1 Å². The molecule has 0 aromatic heterocycles. The van der Waals surface area contributed by atoms with Gasteiger partial charge in [0.25, 0.3) is 5.69 Å². The van der Waals surface area contributed by atoms with Crippen LogP contribution in [0.5, 0.6) is 0 Å². The fraction of sp³-hybridized carbons (Fsp3) is 0.222. The lowest BCUT2D eigenvalue weighted by atomic mass is 10.0. The van der Waals surface area contributed by atoms with Gasteiger partial charge in [-0.05, 0) is 25.0 Å². The van der Waals surface area contributed by atoms with Gasteiger partial charge in [-0.15, -0.1) is 0 Å². The van der Waals surface area contributed by atoms with Crippen molar-refractivity contribution in [3.8, 4) is 0 Å². The van der Waals surface area contributed by atoms with Crippen LogP contribution in [0.3, 0.4) is 0 Å². The summed E-state index contributed by atoms with van der Waals surface area (Å²) in [4.78, 5) is 20.5. The first-order chi connectivity index (χ1) is 6.06. The van der Waals surface area contributed by atoms with E-state index in [1.54, 1.807) is 13.8 Å². The van der Waals surface area contributed by atoms with Crippen LogP contribution in [0.1, 0.15) is 21.5 Å². The largest absolute Gasteiger partial charge is 0.298 e. The van der Waals surface area contributed by atoms with Crippen molar-refractivity contribution in [1.29, 1.82) is 0 Å². The van der Waals surface area contributed by atoms with Crippen molar-refractivity contribution >= 4 is 12.0 Å². The predicted octanol–water partition coefficient (Wildman–Crippen LogP) is 2.02. The molecule has 0 bridgehead atoms. The molecule has 0 saturated heterocycles. The zero-order valence-corrected chi connectivity index (χ0v) is 7.40. The number of nitrogens with zero attached hydrogens (tertiary/aromatic N) is 1. The van der Waals surface area contributed by atoms with Crippen LogP contribution in [0.4, 0.5) is 5.69 Å². The monoisotopic (exact) mass is 179 g/mol. The molecule has 4 nitrogen and oxygen atoms in total. The zero-order valence-electron chi connectivity index (χ0n) is 7.40. The molecule has 0 N–H and O–H groups in total. The molecule has 0 radical (unpaired) electrons. The number of nitro groups is 1. The summed E-state index contributed by atoms with van der Waals surface area (Å²) in [5, 5.41) is 10.4. The predicted molar refractivity (Wildman–Crippen MR) is 48.0 cm³/mol. The molecule has 0 aliphatic heterocycles. The van der Waals surface area contributed by atoms with Gasteiger partial charge in [0.05, 0.1) is 4.92 Å². The van der Waals surface area contributed by atoms with E-state index in [1.165, 1.54) is 12.1 Å². The lowest BCUT2D eigenvalue weighted by Gasteiger charge is -2.02. The van der Waals surface area contributed by atoms with Gasteiger partial charge in [-0.3, -0.25) is 14.9 Å². The van der Waals surface area contributed by atoms with E-state index in [0.29, 0.717) is 23.0 Å². The van der Waals surface area contributed by atoms with Gasteiger partial charge < -0.3 is 0 Å². The summed E-state index contributed by atoms with van der Waals surface area (Å²) in [6, 6.07) is 2.80. The van der Waals surface area contributed by atoms with Crippen LogP contribution >= 0.6 is 0 Å². The molecule has 0 spiro atoms. The average molecular weight is 179 g/mol. The van der Waals surface area contributed by atoms with Crippen molar-refractivity contribution in [2.24, 2.45) is 0 Å². The van der Waals surface area contributed by atoms with E-state index in [4.69, 9.17) is 0 Å². The third-order valence-electron chi connectivity index (χ3n) is 1.91. The number of hydrogen-bond donors (Lipinski definition) is 0. The molecule has 13 heavy (non-hydrogen) atoms. The molecule has 0 aliphatic carbocycles. The topological polar surface area (TPSA) is 60.2 Å². The first-order valence-corrected chi connectivity index (χ1v) is 3.77. The lowest BCUT2D eigenvalue weighted by Crippen LogP contribution is -1.95. The van der Waals surface area contributed by atoms with Crippen molar-refractivity contribution in [2.75, 3.05) is 0 Å². The number of non-ortho nitro benzene ring substituents is 1. The summed E-state index contributed by atoms with van der Waals surface area (Å²) in [5.74, 6) is 0. The Bertz CT molecular complexity index is 348. The van der Waals surface area contributed by atoms with Gasteiger partial charge >= 0.3 is 0 Å². The maximum absolute atomic E-state index is 10.6. The smallest absolute Gasteiger partial charge is 0.270 e. The highest BCUT2D eigenvalue weighted by Gasteiger charge is 2.10. The van der Waals surface area contributed by atoms with Crippen molar-refractivity contribution < 1.29 is 9.72 Å². The fourth-order valence-corrected chi connectivity index (χ4v) is 1.24. The maximum Gasteiger partial charge on any atom is 0.270 e. The van der Waals surface area contributed by atoms with E-state index in [2.05, 4.69) is 0 Å². The molecule has 0 atom stereocenters. The zero-order chi connectivity index (χ0) is 10.0. The molecule has 0 saturated carbocycles. The Labute approximate surface area is 75.3 Å². The molecule has 0 heterocycles. The molecule has 0 unspecified atom stereocenters. The van der Waals surface area contributed by atoms with Crippen LogP contribution in [0, 0.1) is 24.0 Å². The molecule has 0 fully saturated rings. The Morgan fingerprint density at radius 1 is 1.31 bits per heavy atom. The number of hydrogen-bond acceptors (Lipinski definition) is 3. The summed E-state index contributed by atoms with van der Waals surface area (Å²) >= 11 is 0. The van der Waals surface area contributed by atoms with Gasteiger partial charge in [-0.2, -0.15) is 0 Å². The van der Waals surface area contributed by atoms with Crippen molar-refractivity contribution in [3.63, 3.8) is 0 Å². The van der Waals surface area contributed by atoms with Gasteiger partial charge in [-0.1, -0.05) is 0 Å². The quantitative estimate of drug-likeness (QED) is 0.396. The van der Waals surface area contributed by atoms with Crippen LogP contribution in [0.25, 0.3) is 0 Å². The summed E-state index contributed by atoms with van der Waals surface area (Å²) in [5.41, 5.74) is 1.84. The number of carbonyl (C=O) groups is 1. The van der Waals surface area contributed by atoms with Gasteiger partial charge in [-0.25, -0.2) is 0 Å². The van der Waals surface area contributed by atoms with Crippen LogP contribution in [-0.2, 0) is 0 Å². The Balaban J connectivity index is 3.36. The number of rotatable bonds is 2. The molecular weight excluding hydrogens is 170 g/mol. The van der Waals surface area contributed by atoms with Crippen molar-refractivity contribution in [1.82, 2.24) is 0 Å². The first kappa shape index (κ1) is 9.38. The van der Waals surface area contributed by atoms with Gasteiger partial charge in [0, 0.05) is 17.7 Å². The summed E-state index contributed by atoms with van der Waals surface area (Å²) < 4.78 is 0. The fourth-order valence-electron chi connectivity index (χ4n) is 1.24. The van der Waals surface area contributed by atoms with Crippen LogP contribution in [-0.4, -0.2) is 11.2 Å². The summed E-state index contributed by atoms with van der Waals surface area (Å²) in [6.07, 6.45) is 0.717. The minimum Gasteiger partial charge on any atom is -0.298 e. The molecule has 4 heteroatoms. The Morgan fingerprint density at radius 2 is 1.77 bits per heavy atom.